The summed E-state index contributed by atoms with van der Waals surface area (Å²) in [7, 11) is 0. The maximum atomic E-state index is 12.0. The van der Waals surface area contributed by atoms with E-state index in [9.17, 15) is 4.79 Å². The number of carbonyl (C=O) groups is 1. The second-order valence-corrected chi connectivity index (χ2v) is 4.29. The molecule has 2 N–H and O–H groups in total. The Morgan fingerprint density at radius 2 is 1.82 bits per heavy atom. The van der Waals surface area contributed by atoms with Gasteiger partial charge in [0, 0.05) is 22.7 Å². The number of Topliss-reactive ketones (excluding diaryl/α,β-unsaturated/α-hetero) is 1. The number of nitrogen functional groups attached to an aromatic ring is 1. The average Bonchev–Trinajstić information content (AvgIpc) is 2.32. The maximum Gasteiger partial charge on any atom is 0.167 e. The second kappa shape index (κ2) is 5.02. The molecule has 0 unspecified atom stereocenters. The van der Waals surface area contributed by atoms with E-state index < -0.39 is 0 Å². The topological polar surface area (TPSA) is 43.1 Å². The van der Waals surface area contributed by atoms with E-state index >= 15 is 0 Å². The molecule has 0 aliphatic carbocycles. The van der Waals surface area contributed by atoms with Gasteiger partial charge in [-0.05, 0) is 29.8 Å². The molecular formula is C14H12ClNO. The van der Waals surface area contributed by atoms with Gasteiger partial charge in [0.2, 0.25) is 0 Å². The Morgan fingerprint density at radius 1 is 1.12 bits per heavy atom. The quantitative estimate of drug-likeness (QED) is 0.666. The van der Waals surface area contributed by atoms with Crippen molar-refractivity contribution in [3.63, 3.8) is 0 Å². The molecule has 0 aromatic heterocycles. The van der Waals surface area contributed by atoms with Gasteiger partial charge in [0.05, 0.1) is 0 Å². The van der Waals surface area contributed by atoms with Gasteiger partial charge in [-0.15, -0.1) is 0 Å². The second-order valence-electron chi connectivity index (χ2n) is 3.85. The number of carbonyl (C=O) groups excluding carboxylic acids is 1. The fourth-order valence-corrected chi connectivity index (χ4v) is 1.73. The molecule has 0 saturated carbocycles. The fourth-order valence-electron chi connectivity index (χ4n) is 1.60. The molecule has 0 radical (unpaired) electrons. The van der Waals surface area contributed by atoms with E-state index in [2.05, 4.69) is 0 Å². The van der Waals surface area contributed by atoms with Crippen LogP contribution in [0.25, 0.3) is 0 Å². The zero-order valence-corrected chi connectivity index (χ0v) is 9.95. The highest BCUT2D eigenvalue weighted by atomic mass is 35.5. The molecule has 2 aromatic rings. The Balaban J connectivity index is 2.14. The monoisotopic (exact) mass is 245 g/mol. The lowest BCUT2D eigenvalue weighted by Crippen LogP contribution is -2.03. The van der Waals surface area contributed by atoms with E-state index in [0.29, 0.717) is 22.7 Å². The summed E-state index contributed by atoms with van der Waals surface area (Å²) in [6.45, 7) is 0. The molecule has 86 valence electrons. The van der Waals surface area contributed by atoms with Crippen LogP contribution < -0.4 is 5.73 Å². The molecule has 0 spiro atoms. The molecule has 0 aliphatic heterocycles. The van der Waals surface area contributed by atoms with Gasteiger partial charge in [-0.1, -0.05) is 35.9 Å². The van der Waals surface area contributed by atoms with E-state index in [1.165, 1.54) is 0 Å². The lowest BCUT2D eigenvalue weighted by Gasteiger charge is -2.02. The van der Waals surface area contributed by atoms with Crippen molar-refractivity contribution in [3.8, 4) is 0 Å². The standard InChI is InChI=1S/C14H12ClNO/c15-12-6-4-10(5-7-12)8-14(17)11-2-1-3-13(16)9-11/h1-7,9H,8,16H2. The Bertz CT molecular complexity index is 534. The summed E-state index contributed by atoms with van der Waals surface area (Å²) in [5.41, 5.74) is 7.83. The van der Waals surface area contributed by atoms with Crippen LogP contribution in [0.5, 0.6) is 0 Å². The number of halogens is 1. The Kier molecular flexibility index (Phi) is 3.45. The van der Waals surface area contributed by atoms with Crippen LogP contribution in [0.2, 0.25) is 5.02 Å². The molecule has 0 amide bonds. The number of benzene rings is 2. The lowest BCUT2D eigenvalue weighted by atomic mass is 10.0. The zero-order valence-electron chi connectivity index (χ0n) is 9.19. The third-order valence-electron chi connectivity index (χ3n) is 2.49. The predicted molar refractivity (Wildman–Crippen MR) is 70.3 cm³/mol. The molecule has 3 heteroatoms. The van der Waals surface area contributed by atoms with Gasteiger partial charge in [-0.3, -0.25) is 4.79 Å². The number of nitrogens with two attached hydrogens (primary N) is 1. The minimum absolute atomic E-state index is 0.0552. The zero-order chi connectivity index (χ0) is 12.3. The van der Waals surface area contributed by atoms with E-state index in [1.807, 2.05) is 12.1 Å². The van der Waals surface area contributed by atoms with Gasteiger partial charge >= 0.3 is 0 Å². The first-order valence-corrected chi connectivity index (χ1v) is 5.66. The fraction of sp³-hybridized carbons (Fsp3) is 0.0714. The van der Waals surface area contributed by atoms with Crippen LogP contribution in [0.15, 0.2) is 48.5 Å². The Labute approximate surface area is 105 Å². The smallest absolute Gasteiger partial charge is 0.167 e. The highest BCUT2D eigenvalue weighted by Gasteiger charge is 2.07. The molecule has 2 rings (SSSR count). The van der Waals surface area contributed by atoms with Crippen molar-refractivity contribution in [2.45, 2.75) is 6.42 Å². The number of hydrogen-bond donors (Lipinski definition) is 1. The molecular weight excluding hydrogens is 234 g/mol. The normalized spacial score (nSPS) is 10.2. The number of hydrogen-bond acceptors (Lipinski definition) is 2. The van der Waals surface area contributed by atoms with Crippen molar-refractivity contribution in [1.82, 2.24) is 0 Å². The van der Waals surface area contributed by atoms with Gasteiger partial charge in [0.25, 0.3) is 0 Å². The minimum Gasteiger partial charge on any atom is -0.399 e. The van der Waals surface area contributed by atoms with Crippen molar-refractivity contribution < 1.29 is 4.79 Å². The van der Waals surface area contributed by atoms with Crippen LogP contribution in [-0.4, -0.2) is 5.78 Å². The van der Waals surface area contributed by atoms with Crippen LogP contribution in [0.4, 0.5) is 5.69 Å². The summed E-state index contributed by atoms with van der Waals surface area (Å²) < 4.78 is 0. The highest BCUT2D eigenvalue weighted by Crippen LogP contribution is 2.13. The van der Waals surface area contributed by atoms with Gasteiger partial charge in [0.1, 0.15) is 0 Å². The van der Waals surface area contributed by atoms with E-state index in [0.717, 1.165) is 5.56 Å². The van der Waals surface area contributed by atoms with E-state index in [4.69, 9.17) is 17.3 Å². The Hall–Kier alpha value is -1.80. The number of rotatable bonds is 3. The van der Waals surface area contributed by atoms with Gasteiger partial charge < -0.3 is 5.73 Å². The third kappa shape index (κ3) is 3.08. The molecule has 2 nitrogen and oxygen atoms in total. The SMILES string of the molecule is Nc1cccc(C(=O)Cc2ccc(Cl)cc2)c1. The largest absolute Gasteiger partial charge is 0.399 e. The predicted octanol–water partition coefficient (Wildman–Crippen LogP) is 3.35. The lowest BCUT2D eigenvalue weighted by molar-refractivity contribution is 0.0993. The first kappa shape index (κ1) is 11.7. The molecule has 2 aromatic carbocycles. The molecule has 0 fully saturated rings. The summed E-state index contributed by atoms with van der Waals surface area (Å²) in [5.74, 6) is 0.0552. The van der Waals surface area contributed by atoms with Crippen LogP contribution >= 0.6 is 11.6 Å². The summed E-state index contributed by atoms with van der Waals surface area (Å²) >= 11 is 5.78. The summed E-state index contributed by atoms with van der Waals surface area (Å²) in [6.07, 6.45) is 0.362. The first-order valence-electron chi connectivity index (χ1n) is 5.28. The Morgan fingerprint density at radius 3 is 2.47 bits per heavy atom. The van der Waals surface area contributed by atoms with Gasteiger partial charge in [-0.25, -0.2) is 0 Å². The van der Waals surface area contributed by atoms with Crippen molar-refractivity contribution in [1.29, 1.82) is 0 Å². The summed E-state index contributed by atoms with van der Waals surface area (Å²) in [4.78, 5) is 12.0. The van der Waals surface area contributed by atoms with Crippen LogP contribution in [-0.2, 0) is 6.42 Å². The first-order chi connectivity index (χ1) is 8.15. The van der Waals surface area contributed by atoms with E-state index in [1.54, 1.807) is 36.4 Å². The molecule has 0 atom stereocenters. The molecule has 0 aliphatic rings. The molecule has 0 heterocycles. The summed E-state index contributed by atoms with van der Waals surface area (Å²) in [6, 6.07) is 14.3. The van der Waals surface area contributed by atoms with Crippen molar-refractivity contribution in [3.05, 3.63) is 64.7 Å². The van der Waals surface area contributed by atoms with Crippen LogP contribution in [0.1, 0.15) is 15.9 Å². The number of ketones is 1. The number of anilines is 1. The van der Waals surface area contributed by atoms with E-state index in [-0.39, 0.29) is 5.78 Å². The van der Waals surface area contributed by atoms with Crippen LogP contribution in [0, 0.1) is 0 Å². The average molecular weight is 246 g/mol. The van der Waals surface area contributed by atoms with Crippen molar-refractivity contribution in [2.24, 2.45) is 0 Å². The maximum absolute atomic E-state index is 12.0. The minimum atomic E-state index is 0.0552. The van der Waals surface area contributed by atoms with Crippen LogP contribution in [0.3, 0.4) is 0 Å². The van der Waals surface area contributed by atoms with Gasteiger partial charge in [-0.2, -0.15) is 0 Å². The highest BCUT2D eigenvalue weighted by molar-refractivity contribution is 6.30. The van der Waals surface area contributed by atoms with Gasteiger partial charge in [0.15, 0.2) is 5.78 Å². The van der Waals surface area contributed by atoms with Crippen molar-refractivity contribution in [2.75, 3.05) is 5.73 Å². The molecule has 0 bridgehead atoms. The molecule has 0 saturated heterocycles. The van der Waals surface area contributed by atoms with Crippen molar-refractivity contribution >= 4 is 23.1 Å². The third-order valence-corrected chi connectivity index (χ3v) is 2.74. The molecule has 17 heavy (non-hydrogen) atoms. The summed E-state index contributed by atoms with van der Waals surface area (Å²) in [5, 5.41) is 0.671.